The van der Waals surface area contributed by atoms with Crippen LogP contribution in [-0.2, 0) is 4.74 Å². The predicted molar refractivity (Wildman–Crippen MR) is 73.8 cm³/mol. The Morgan fingerprint density at radius 3 is 2.68 bits per heavy atom. The van der Waals surface area contributed by atoms with Crippen LogP contribution < -0.4 is 10.6 Å². The molecule has 2 aliphatic heterocycles. The summed E-state index contributed by atoms with van der Waals surface area (Å²) in [6.07, 6.45) is 2.90. The van der Waals surface area contributed by atoms with Crippen molar-refractivity contribution in [3.05, 3.63) is 29.3 Å². The fraction of sp³-hybridized carbons (Fsp3) is 0.500. The molecule has 1 aromatic rings. The molecule has 19 heavy (non-hydrogen) atoms. The Morgan fingerprint density at radius 2 is 2.05 bits per heavy atom. The van der Waals surface area contributed by atoms with Crippen molar-refractivity contribution in [1.82, 2.24) is 0 Å². The number of para-hydroxylation sites is 1. The molecule has 0 aliphatic carbocycles. The quantitative estimate of drug-likeness (QED) is 0.366. The maximum atomic E-state index is 8.94. The van der Waals surface area contributed by atoms with E-state index in [1.54, 1.807) is 0 Å². The number of nitrogens with two attached hydrogens (primary N) is 1. The van der Waals surface area contributed by atoms with Gasteiger partial charge in [0.2, 0.25) is 0 Å². The average molecular weight is 261 g/mol. The fourth-order valence-corrected chi connectivity index (χ4v) is 3.14. The first-order valence-corrected chi connectivity index (χ1v) is 6.67. The Hall–Kier alpha value is -1.75. The number of rotatable bonds is 2. The lowest BCUT2D eigenvalue weighted by molar-refractivity contribution is 0.0304. The summed E-state index contributed by atoms with van der Waals surface area (Å²) in [5.74, 6) is 0.164. The summed E-state index contributed by atoms with van der Waals surface area (Å²) in [7, 11) is 0. The number of ether oxygens (including phenoxy) is 1. The van der Waals surface area contributed by atoms with Gasteiger partial charge in [0.1, 0.15) is 0 Å². The van der Waals surface area contributed by atoms with Gasteiger partial charge >= 0.3 is 0 Å². The summed E-state index contributed by atoms with van der Waals surface area (Å²) in [6, 6.07) is 5.89. The summed E-state index contributed by atoms with van der Waals surface area (Å²) in [4.78, 5) is 2.31. The topological polar surface area (TPSA) is 71.1 Å². The molecule has 2 atom stereocenters. The zero-order valence-electron chi connectivity index (χ0n) is 11.0. The van der Waals surface area contributed by atoms with Crippen LogP contribution in [0.2, 0.25) is 0 Å². The molecule has 2 fully saturated rings. The standard InChI is InChI=1S/C14H19N3O2/c1-9-3-2-4-12(14(15)16-18)13(9)17-7-10-5-6-11(8-17)19-10/h2-4,10-11,18H,5-8H2,1H3,(H2,15,16). The first-order chi connectivity index (χ1) is 9.19. The number of hydrogen-bond acceptors (Lipinski definition) is 4. The van der Waals surface area contributed by atoms with Crippen molar-refractivity contribution in [2.24, 2.45) is 10.9 Å². The molecule has 2 saturated heterocycles. The van der Waals surface area contributed by atoms with Crippen molar-refractivity contribution in [1.29, 1.82) is 0 Å². The summed E-state index contributed by atoms with van der Waals surface area (Å²) in [6.45, 7) is 3.82. The molecule has 3 rings (SSSR count). The largest absolute Gasteiger partial charge is 0.409 e. The number of benzene rings is 1. The van der Waals surface area contributed by atoms with Crippen molar-refractivity contribution < 1.29 is 9.94 Å². The number of fused-ring (bicyclic) bond motifs is 2. The molecule has 0 amide bonds. The Labute approximate surface area is 112 Å². The molecule has 0 aromatic heterocycles. The average Bonchev–Trinajstić information content (AvgIpc) is 2.76. The second-order valence-corrected chi connectivity index (χ2v) is 5.32. The molecule has 2 bridgehead atoms. The van der Waals surface area contributed by atoms with Crippen LogP contribution in [0, 0.1) is 6.92 Å². The molecule has 102 valence electrons. The number of aryl methyl sites for hydroxylation is 1. The van der Waals surface area contributed by atoms with E-state index in [2.05, 4.69) is 23.0 Å². The fourth-order valence-electron chi connectivity index (χ4n) is 3.14. The number of nitrogens with zero attached hydrogens (tertiary/aromatic N) is 2. The molecule has 5 nitrogen and oxygen atoms in total. The minimum absolute atomic E-state index is 0.164. The van der Waals surface area contributed by atoms with Crippen LogP contribution in [0.1, 0.15) is 24.0 Å². The highest BCUT2D eigenvalue weighted by molar-refractivity contribution is 6.02. The lowest BCUT2D eigenvalue weighted by Crippen LogP contribution is -2.43. The molecule has 2 unspecified atom stereocenters. The summed E-state index contributed by atoms with van der Waals surface area (Å²) < 4.78 is 5.86. The van der Waals surface area contributed by atoms with Crippen LogP contribution in [0.4, 0.5) is 5.69 Å². The highest BCUT2D eigenvalue weighted by Gasteiger charge is 2.35. The van der Waals surface area contributed by atoms with Gasteiger partial charge in [-0.1, -0.05) is 17.3 Å². The number of amidine groups is 1. The van der Waals surface area contributed by atoms with Gasteiger partial charge in [0.25, 0.3) is 0 Å². The van der Waals surface area contributed by atoms with Gasteiger partial charge in [-0.05, 0) is 31.4 Å². The van der Waals surface area contributed by atoms with E-state index in [1.807, 2.05) is 12.1 Å². The molecule has 0 radical (unpaired) electrons. The van der Waals surface area contributed by atoms with Crippen molar-refractivity contribution in [2.45, 2.75) is 32.0 Å². The Kier molecular flexibility index (Phi) is 3.06. The van der Waals surface area contributed by atoms with Crippen molar-refractivity contribution in [2.75, 3.05) is 18.0 Å². The van der Waals surface area contributed by atoms with Gasteiger partial charge < -0.3 is 20.6 Å². The highest BCUT2D eigenvalue weighted by atomic mass is 16.5. The van der Waals surface area contributed by atoms with Crippen molar-refractivity contribution >= 4 is 11.5 Å². The number of hydrogen-bond donors (Lipinski definition) is 2. The number of anilines is 1. The monoisotopic (exact) mass is 261 g/mol. The van der Waals surface area contributed by atoms with Crippen molar-refractivity contribution in [3.8, 4) is 0 Å². The van der Waals surface area contributed by atoms with Crippen molar-refractivity contribution in [3.63, 3.8) is 0 Å². The zero-order chi connectivity index (χ0) is 13.4. The van der Waals surface area contributed by atoms with Crippen LogP contribution in [0.5, 0.6) is 0 Å². The molecular formula is C14H19N3O2. The summed E-state index contributed by atoms with van der Waals surface area (Å²) in [5.41, 5.74) is 8.80. The first kappa shape index (κ1) is 12.3. The maximum absolute atomic E-state index is 8.94. The second-order valence-electron chi connectivity index (χ2n) is 5.32. The van der Waals surface area contributed by atoms with Crippen LogP contribution in [0.25, 0.3) is 0 Å². The van der Waals surface area contributed by atoms with Gasteiger partial charge in [0.05, 0.1) is 17.9 Å². The minimum atomic E-state index is 0.164. The Morgan fingerprint density at radius 1 is 1.37 bits per heavy atom. The van der Waals surface area contributed by atoms with Crippen LogP contribution >= 0.6 is 0 Å². The number of oxime groups is 1. The molecule has 5 heteroatoms. The van der Waals surface area contributed by atoms with E-state index in [9.17, 15) is 0 Å². The smallest absolute Gasteiger partial charge is 0.172 e. The normalized spacial score (nSPS) is 26.8. The van der Waals surface area contributed by atoms with Gasteiger partial charge in [-0.3, -0.25) is 0 Å². The van der Waals surface area contributed by atoms with Gasteiger partial charge in [-0.2, -0.15) is 0 Å². The number of morpholine rings is 1. The molecule has 2 aliphatic rings. The van der Waals surface area contributed by atoms with E-state index in [1.165, 1.54) is 0 Å². The lowest BCUT2D eigenvalue weighted by Gasteiger charge is -2.35. The SMILES string of the molecule is Cc1cccc(/C(N)=N/O)c1N1CC2CCC(C1)O2. The van der Waals surface area contributed by atoms with E-state index in [0.29, 0.717) is 12.2 Å². The Bertz CT molecular complexity index is 503. The summed E-state index contributed by atoms with van der Waals surface area (Å²) in [5, 5.41) is 12.1. The zero-order valence-corrected chi connectivity index (χ0v) is 11.0. The van der Waals surface area contributed by atoms with E-state index >= 15 is 0 Å². The van der Waals surface area contributed by atoms with E-state index in [0.717, 1.165) is 42.7 Å². The van der Waals surface area contributed by atoms with E-state index in [-0.39, 0.29) is 5.84 Å². The van der Waals surface area contributed by atoms with Gasteiger partial charge in [0.15, 0.2) is 5.84 Å². The lowest BCUT2D eigenvalue weighted by atomic mass is 10.0. The van der Waals surface area contributed by atoms with E-state index in [4.69, 9.17) is 15.7 Å². The molecular weight excluding hydrogens is 242 g/mol. The first-order valence-electron chi connectivity index (χ1n) is 6.67. The van der Waals surface area contributed by atoms with Gasteiger partial charge in [0, 0.05) is 18.7 Å². The maximum Gasteiger partial charge on any atom is 0.172 e. The molecule has 2 heterocycles. The third-order valence-electron chi connectivity index (χ3n) is 3.98. The van der Waals surface area contributed by atoms with Crippen LogP contribution in [-0.4, -0.2) is 36.3 Å². The summed E-state index contributed by atoms with van der Waals surface area (Å²) >= 11 is 0. The second kappa shape index (κ2) is 4.74. The van der Waals surface area contributed by atoms with Gasteiger partial charge in [-0.15, -0.1) is 0 Å². The van der Waals surface area contributed by atoms with E-state index < -0.39 is 0 Å². The van der Waals surface area contributed by atoms with Crippen LogP contribution in [0.3, 0.4) is 0 Å². The van der Waals surface area contributed by atoms with Crippen LogP contribution in [0.15, 0.2) is 23.4 Å². The highest BCUT2D eigenvalue weighted by Crippen LogP contribution is 2.33. The third kappa shape index (κ3) is 2.14. The molecule has 1 aromatic carbocycles. The molecule has 3 N–H and O–H groups in total. The molecule has 0 spiro atoms. The predicted octanol–water partition coefficient (Wildman–Crippen LogP) is 1.46. The Balaban J connectivity index is 1.99. The molecule has 0 saturated carbocycles. The third-order valence-corrected chi connectivity index (χ3v) is 3.98. The minimum Gasteiger partial charge on any atom is -0.409 e. The van der Waals surface area contributed by atoms with Gasteiger partial charge in [-0.25, -0.2) is 0 Å².